The molecule has 1 amide bonds. The molecule has 0 aromatic heterocycles. The third kappa shape index (κ3) is 6.81. The number of nitrogens with zero attached hydrogens (tertiary/aromatic N) is 2. The molecule has 1 aliphatic heterocycles. The molecule has 3 rings (SSSR count). The van der Waals surface area contributed by atoms with E-state index in [9.17, 15) is 4.79 Å². The first kappa shape index (κ1) is 22.8. The Morgan fingerprint density at radius 1 is 1.13 bits per heavy atom. The van der Waals surface area contributed by atoms with Crippen LogP contribution in [-0.4, -0.2) is 63.8 Å². The minimum atomic E-state index is 0.337. The van der Waals surface area contributed by atoms with Crippen LogP contribution in [0.5, 0.6) is 0 Å². The van der Waals surface area contributed by atoms with Crippen LogP contribution in [0.15, 0.2) is 48.5 Å². The molecule has 0 spiro atoms. The molecule has 30 heavy (non-hydrogen) atoms. The number of ether oxygens (including phenoxy) is 1. The maximum Gasteiger partial charge on any atom is 0.214 e. The molecule has 1 N–H and O–H groups in total. The van der Waals surface area contributed by atoms with Crippen LogP contribution < -0.4 is 10.2 Å². The third-order valence-corrected chi connectivity index (χ3v) is 5.88. The van der Waals surface area contributed by atoms with Crippen molar-refractivity contribution in [2.24, 2.45) is 0 Å². The lowest BCUT2D eigenvalue weighted by Gasteiger charge is -2.27. The van der Waals surface area contributed by atoms with Gasteiger partial charge in [0.1, 0.15) is 0 Å². The quantitative estimate of drug-likeness (QED) is 0.438. The van der Waals surface area contributed by atoms with Gasteiger partial charge >= 0.3 is 0 Å². The van der Waals surface area contributed by atoms with Gasteiger partial charge in [0.2, 0.25) is 6.41 Å². The van der Waals surface area contributed by atoms with Crippen molar-refractivity contribution in [1.82, 2.24) is 10.2 Å². The number of anilines is 1. The topological polar surface area (TPSA) is 44.8 Å². The molecule has 0 saturated carbocycles. The monoisotopic (exact) mass is 429 g/mol. The van der Waals surface area contributed by atoms with E-state index in [4.69, 9.17) is 16.3 Å². The number of carbonyl (C=O) groups excluding carboxylic acids is 1. The van der Waals surface area contributed by atoms with Crippen molar-refractivity contribution in [3.05, 3.63) is 64.7 Å². The fourth-order valence-electron chi connectivity index (χ4n) is 3.82. The summed E-state index contributed by atoms with van der Waals surface area (Å²) in [6.07, 6.45) is 1.81. The summed E-state index contributed by atoms with van der Waals surface area (Å²) >= 11 is 6.02. The van der Waals surface area contributed by atoms with Gasteiger partial charge in [-0.1, -0.05) is 48.9 Å². The number of morpholine rings is 1. The number of amides is 1. The van der Waals surface area contributed by atoms with Crippen LogP contribution in [0, 0.1) is 0 Å². The van der Waals surface area contributed by atoms with Crippen LogP contribution in [-0.2, 0) is 16.0 Å². The number of benzene rings is 2. The van der Waals surface area contributed by atoms with E-state index < -0.39 is 0 Å². The lowest BCUT2D eigenvalue weighted by atomic mass is 9.93. The second-order valence-electron chi connectivity index (χ2n) is 7.79. The smallest absolute Gasteiger partial charge is 0.214 e. The maximum atomic E-state index is 11.8. The molecule has 2 aromatic carbocycles. The molecule has 5 nitrogen and oxygen atoms in total. The van der Waals surface area contributed by atoms with Crippen LogP contribution in [0.3, 0.4) is 0 Å². The minimum Gasteiger partial charge on any atom is -0.379 e. The molecule has 6 heteroatoms. The molecule has 1 fully saturated rings. The average Bonchev–Trinajstić information content (AvgIpc) is 2.78. The highest BCUT2D eigenvalue weighted by atomic mass is 35.5. The molecule has 0 aliphatic carbocycles. The van der Waals surface area contributed by atoms with Crippen LogP contribution in [0.1, 0.15) is 24.0 Å². The Kier molecular flexibility index (Phi) is 9.15. The third-order valence-electron chi connectivity index (χ3n) is 5.63. The van der Waals surface area contributed by atoms with Gasteiger partial charge in [-0.25, -0.2) is 0 Å². The van der Waals surface area contributed by atoms with Crippen molar-refractivity contribution in [2.75, 3.05) is 57.4 Å². The van der Waals surface area contributed by atoms with E-state index >= 15 is 0 Å². The minimum absolute atomic E-state index is 0.337. The Bertz CT molecular complexity index is 778. The number of para-hydroxylation sites is 1. The average molecular weight is 430 g/mol. The zero-order chi connectivity index (χ0) is 21.2. The largest absolute Gasteiger partial charge is 0.379 e. The molecule has 162 valence electrons. The van der Waals surface area contributed by atoms with Crippen molar-refractivity contribution in [3.8, 4) is 0 Å². The predicted molar refractivity (Wildman–Crippen MR) is 124 cm³/mol. The number of halogens is 1. The predicted octanol–water partition coefficient (Wildman–Crippen LogP) is 3.57. The van der Waals surface area contributed by atoms with Crippen molar-refractivity contribution >= 4 is 23.7 Å². The van der Waals surface area contributed by atoms with E-state index in [1.165, 1.54) is 11.1 Å². The van der Waals surface area contributed by atoms with Gasteiger partial charge in [0.15, 0.2) is 0 Å². The zero-order valence-corrected chi connectivity index (χ0v) is 18.5. The molecule has 1 aliphatic rings. The summed E-state index contributed by atoms with van der Waals surface area (Å²) in [6.45, 7) is 9.21. The van der Waals surface area contributed by atoms with Gasteiger partial charge < -0.3 is 15.0 Å². The van der Waals surface area contributed by atoms with Gasteiger partial charge in [0.05, 0.1) is 13.2 Å². The van der Waals surface area contributed by atoms with Gasteiger partial charge in [-0.3, -0.25) is 9.69 Å². The van der Waals surface area contributed by atoms with Crippen LogP contribution in [0.25, 0.3) is 0 Å². The first-order chi connectivity index (χ1) is 14.7. The van der Waals surface area contributed by atoms with E-state index in [2.05, 4.69) is 35.3 Å². The summed E-state index contributed by atoms with van der Waals surface area (Å²) in [7, 11) is 0. The molecular weight excluding hydrogens is 398 g/mol. The van der Waals surface area contributed by atoms with Crippen molar-refractivity contribution in [1.29, 1.82) is 0 Å². The Hall–Kier alpha value is -1.92. The molecule has 1 atom stereocenters. The second kappa shape index (κ2) is 12.1. The van der Waals surface area contributed by atoms with Gasteiger partial charge in [-0.2, -0.15) is 0 Å². The molecule has 0 radical (unpaired) electrons. The zero-order valence-electron chi connectivity index (χ0n) is 17.7. The fourth-order valence-corrected chi connectivity index (χ4v) is 3.95. The van der Waals surface area contributed by atoms with Gasteiger partial charge in [-0.15, -0.1) is 0 Å². The highest BCUT2D eigenvalue weighted by Crippen LogP contribution is 2.27. The van der Waals surface area contributed by atoms with E-state index in [1.807, 2.05) is 35.2 Å². The number of rotatable bonds is 11. The van der Waals surface area contributed by atoms with Crippen LogP contribution in [0.4, 0.5) is 5.69 Å². The van der Waals surface area contributed by atoms with Crippen molar-refractivity contribution in [3.63, 3.8) is 0 Å². The summed E-state index contributed by atoms with van der Waals surface area (Å²) in [5, 5.41) is 4.21. The van der Waals surface area contributed by atoms with E-state index in [0.29, 0.717) is 12.5 Å². The Balaban J connectivity index is 1.52. The lowest BCUT2D eigenvalue weighted by molar-refractivity contribution is -0.107. The lowest BCUT2D eigenvalue weighted by Crippen LogP contribution is -2.41. The normalized spacial score (nSPS) is 15.7. The first-order valence-corrected chi connectivity index (χ1v) is 11.1. The SMILES string of the molecule is CC(Cc1ccccc1N(C=O)CCNCCN1CCOCC1)c1ccc(Cl)cc1. The van der Waals surface area contributed by atoms with E-state index in [1.54, 1.807) is 0 Å². The number of hydrogen-bond acceptors (Lipinski definition) is 4. The fraction of sp³-hybridized carbons (Fsp3) is 0.458. The molecular formula is C24H32ClN3O2. The van der Waals surface area contributed by atoms with Crippen molar-refractivity contribution in [2.45, 2.75) is 19.3 Å². The molecule has 1 heterocycles. The Labute approximate surface area is 185 Å². The van der Waals surface area contributed by atoms with Crippen LogP contribution in [0.2, 0.25) is 5.02 Å². The summed E-state index contributed by atoms with van der Waals surface area (Å²) in [6, 6.07) is 16.2. The second-order valence-corrected chi connectivity index (χ2v) is 8.22. The van der Waals surface area contributed by atoms with Gasteiger partial charge in [0.25, 0.3) is 0 Å². The highest BCUT2D eigenvalue weighted by Gasteiger charge is 2.14. The van der Waals surface area contributed by atoms with Crippen LogP contribution >= 0.6 is 11.6 Å². The maximum absolute atomic E-state index is 11.8. The summed E-state index contributed by atoms with van der Waals surface area (Å²) in [4.78, 5) is 16.0. The van der Waals surface area contributed by atoms with Gasteiger partial charge in [-0.05, 0) is 41.7 Å². The Morgan fingerprint density at radius 3 is 2.60 bits per heavy atom. The summed E-state index contributed by atoms with van der Waals surface area (Å²) < 4.78 is 5.38. The molecule has 1 saturated heterocycles. The van der Waals surface area contributed by atoms with E-state index in [-0.39, 0.29) is 0 Å². The molecule has 1 unspecified atom stereocenters. The molecule has 2 aromatic rings. The number of carbonyl (C=O) groups is 1. The first-order valence-electron chi connectivity index (χ1n) is 10.7. The molecule has 0 bridgehead atoms. The number of nitrogens with one attached hydrogen (secondary N) is 1. The highest BCUT2D eigenvalue weighted by molar-refractivity contribution is 6.30. The standard InChI is InChI=1S/C24H32ClN3O2/c1-20(21-6-8-23(25)9-7-21)18-22-4-2-3-5-24(22)28(19-29)13-11-26-10-12-27-14-16-30-17-15-27/h2-9,19-20,26H,10-18H2,1H3. The number of hydrogen-bond donors (Lipinski definition) is 1. The summed E-state index contributed by atoms with van der Waals surface area (Å²) in [5.41, 5.74) is 3.42. The van der Waals surface area contributed by atoms with Gasteiger partial charge in [0, 0.05) is 50.0 Å². The Morgan fingerprint density at radius 2 is 1.87 bits per heavy atom. The van der Waals surface area contributed by atoms with Crippen molar-refractivity contribution < 1.29 is 9.53 Å². The summed E-state index contributed by atoms with van der Waals surface area (Å²) in [5.74, 6) is 0.337. The van der Waals surface area contributed by atoms with E-state index in [0.717, 1.165) is 69.5 Å².